The van der Waals surface area contributed by atoms with E-state index < -0.39 is 4.92 Å². The Balaban J connectivity index is 1.70. The molecule has 1 fully saturated rings. The van der Waals surface area contributed by atoms with Gasteiger partial charge in [-0.3, -0.25) is 15.0 Å². The van der Waals surface area contributed by atoms with Crippen LogP contribution in [0.25, 0.3) is 11.4 Å². The molecular formula is C14H17N5O2. The van der Waals surface area contributed by atoms with Crippen molar-refractivity contribution in [1.29, 1.82) is 0 Å². The van der Waals surface area contributed by atoms with Crippen molar-refractivity contribution in [3.63, 3.8) is 0 Å². The number of rotatable bonds is 4. The second-order valence-electron chi connectivity index (χ2n) is 5.23. The number of nitrogens with zero attached hydrogens (tertiary/aromatic N) is 5. The van der Waals surface area contributed by atoms with Crippen LogP contribution in [0.15, 0.2) is 30.6 Å². The van der Waals surface area contributed by atoms with Gasteiger partial charge in [0.05, 0.1) is 11.6 Å². The van der Waals surface area contributed by atoms with Gasteiger partial charge in [0, 0.05) is 17.7 Å². The van der Waals surface area contributed by atoms with Gasteiger partial charge in [0.1, 0.15) is 6.33 Å². The molecule has 110 valence electrons. The average molecular weight is 287 g/mol. The molecule has 0 atom stereocenters. The lowest BCUT2D eigenvalue weighted by Crippen LogP contribution is -2.31. The van der Waals surface area contributed by atoms with Gasteiger partial charge in [-0.1, -0.05) is 6.42 Å². The van der Waals surface area contributed by atoms with Crippen LogP contribution in [0.1, 0.15) is 19.3 Å². The van der Waals surface area contributed by atoms with E-state index in [9.17, 15) is 10.1 Å². The first kappa shape index (κ1) is 13.7. The highest BCUT2D eigenvalue weighted by atomic mass is 16.6. The van der Waals surface area contributed by atoms with Gasteiger partial charge < -0.3 is 0 Å². The average Bonchev–Trinajstić information content (AvgIpc) is 2.97. The SMILES string of the molecule is O=[N+]([O-])c1ccc(-c2ncn(CN3CCCCC3)n2)cc1. The van der Waals surface area contributed by atoms with E-state index in [4.69, 9.17) is 0 Å². The fraction of sp³-hybridized carbons (Fsp3) is 0.429. The molecule has 0 bridgehead atoms. The van der Waals surface area contributed by atoms with Crippen LogP contribution in [0.4, 0.5) is 5.69 Å². The molecule has 0 radical (unpaired) electrons. The Labute approximate surface area is 122 Å². The topological polar surface area (TPSA) is 77.1 Å². The number of benzene rings is 1. The predicted molar refractivity (Wildman–Crippen MR) is 77.5 cm³/mol. The maximum Gasteiger partial charge on any atom is 0.269 e. The molecule has 21 heavy (non-hydrogen) atoms. The maximum absolute atomic E-state index is 10.6. The van der Waals surface area contributed by atoms with E-state index in [0.717, 1.165) is 25.3 Å². The van der Waals surface area contributed by atoms with E-state index in [1.165, 1.54) is 31.4 Å². The second kappa shape index (κ2) is 6.01. The summed E-state index contributed by atoms with van der Waals surface area (Å²) < 4.78 is 1.82. The third-order valence-electron chi connectivity index (χ3n) is 3.67. The molecule has 0 spiro atoms. The lowest BCUT2D eigenvalue weighted by atomic mass is 10.1. The van der Waals surface area contributed by atoms with Crippen LogP contribution in [0.2, 0.25) is 0 Å². The summed E-state index contributed by atoms with van der Waals surface area (Å²) in [5.74, 6) is 0.599. The standard InChI is InChI=1S/C14H17N5O2/c20-19(21)13-6-4-12(5-7-13)14-15-10-18(16-14)11-17-8-2-1-3-9-17/h4-7,10H,1-3,8-9,11H2. The first-order chi connectivity index (χ1) is 10.2. The van der Waals surface area contributed by atoms with Crippen molar-refractivity contribution >= 4 is 5.69 Å². The zero-order chi connectivity index (χ0) is 14.7. The van der Waals surface area contributed by atoms with Crippen LogP contribution in [0.5, 0.6) is 0 Å². The van der Waals surface area contributed by atoms with E-state index >= 15 is 0 Å². The highest BCUT2D eigenvalue weighted by molar-refractivity contribution is 5.56. The van der Waals surface area contributed by atoms with Crippen molar-refractivity contribution in [2.24, 2.45) is 0 Å². The Hall–Kier alpha value is -2.28. The summed E-state index contributed by atoms with van der Waals surface area (Å²) in [5.41, 5.74) is 0.865. The third-order valence-corrected chi connectivity index (χ3v) is 3.67. The van der Waals surface area contributed by atoms with Crippen molar-refractivity contribution in [2.75, 3.05) is 13.1 Å². The lowest BCUT2D eigenvalue weighted by Gasteiger charge is -2.25. The summed E-state index contributed by atoms with van der Waals surface area (Å²) in [6.07, 6.45) is 5.50. The molecule has 1 aromatic heterocycles. The molecule has 1 aliphatic rings. The van der Waals surface area contributed by atoms with E-state index in [1.807, 2.05) is 4.68 Å². The van der Waals surface area contributed by atoms with Crippen molar-refractivity contribution < 1.29 is 4.92 Å². The molecule has 0 aliphatic carbocycles. The Morgan fingerprint density at radius 3 is 2.52 bits per heavy atom. The molecule has 2 heterocycles. The van der Waals surface area contributed by atoms with Gasteiger partial charge in [-0.25, -0.2) is 9.67 Å². The number of non-ortho nitro benzene ring substituents is 1. The zero-order valence-corrected chi connectivity index (χ0v) is 11.7. The minimum absolute atomic E-state index is 0.0755. The first-order valence-corrected chi connectivity index (χ1v) is 7.09. The Bertz CT molecular complexity index is 617. The Kier molecular flexibility index (Phi) is 3.92. The number of aromatic nitrogens is 3. The summed E-state index contributed by atoms with van der Waals surface area (Å²) in [6, 6.07) is 6.30. The Morgan fingerprint density at radius 2 is 1.86 bits per heavy atom. The van der Waals surface area contributed by atoms with Gasteiger partial charge in [0.2, 0.25) is 0 Å². The number of likely N-dealkylation sites (tertiary alicyclic amines) is 1. The molecule has 1 aromatic carbocycles. The van der Waals surface area contributed by atoms with Crippen molar-refractivity contribution in [3.8, 4) is 11.4 Å². The number of hydrogen-bond acceptors (Lipinski definition) is 5. The number of nitro benzene ring substituents is 1. The largest absolute Gasteiger partial charge is 0.284 e. The van der Waals surface area contributed by atoms with Crippen LogP contribution in [0, 0.1) is 10.1 Å². The summed E-state index contributed by atoms with van der Waals surface area (Å²) in [6.45, 7) is 2.96. The van der Waals surface area contributed by atoms with Crippen molar-refractivity contribution in [2.45, 2.75) is 25.9 Å². The lowest BCUT2D eigenvalue weighted by molar-refractivity contribution is -0.384. The zero-order valence-electron chi connectivity index (χ0n) is 11.7. The van der Waals surface area contributed by atoms with Crippen LogP contribution >= 0.6 is 0 Å². The summed E-state index contributed by atoms with van der Waals surface area (Å²) in [4.78, 5) is 16.9. The van der Waals surface area contributed by atoms with Gasteiger partial charge >= 0.3 is 0 Å². The van der Waals surface area contributed by atoms with Gasteiger partial charge in [-0.2, -0.15) is 0 Å². The highest BCUT2D eigenvalue weighted by Gasteiger charge is 2.12. The molecule has 0 amide bonds. The van der Waals surface area contributed by atoms with Gasteiger partial charge in [-0.15, -0.1) is 5.10 Å². The highest BCUT2D eigenvalue weighted by Crippen LogP contribution is 2.19. The molecule has 0 saturated carbocycles. The molecule has 1 aliphatic heterocycles. The van der Waals surface area contributed by atoms with Gasteiger partial charge in [0.25, 0.3) is 5.69 Å². The van der Waals surface area contributed by atoms with E-state index in [0.29, 0.717) is 5.82 Å². The minimum atomic E-state index is -0.411. The number of nitro groups is 1. The first-order valence-electron chi connectivity index (χ1n) is 7.09. The summed E-state index contributed by atoms with van der Waals surface area (Å²) >= 11 is 0. The monoisotopic (exact) mass is 287 g/mol. The van der Waals surface area contributed by atoms with E-state index in [1.54, 1.807) is 18.5 Å². The minimum Gasteiger partial charge on any atom is -0.284 e. The number of hydrogen-bond donors (Lipinski definition) is 0. The van der Waals surface area contributed by atoms with Crippen LogP contribution < -0.4 is 0 Å². The Morgan fingerprint density at radius 1 is 1.14 bits per heavy atom. The van der Waals surface area contributed by atoms with Crippen molar-refractivity contribution in [1.82, 2.24) is 19.7 Å². The molecule has 3 rings (SSSR count). The van der Waals surface area contributed by atoms with Gasteiger partial charge in [0.15, 0.2) is 5.82 Å². The molecular weight excluding hydrogens is 270 g/mol. The fourth-order valence-corrected chi connectivity index (χ4v) is 2.53. The van der Waals surface area contributed by atoms with Crippen LogP contribution in [-0.4, -0.2) is 37.7 Å². The molecule has 7 heteroatoms. The predicted octanol–water partition coefficient (Wildman–Crippen LogP) is 2.30. The van der Waals surface area contributed by atoms with Crippen molar-refractivity contribution in [3.05, 3.63) is 40.7 Å². The second-order valence-corrected chi connectivity index (χ2v) is 5.23. The van der Waals surface area contributed by atoms with E-state index in [-0.39, 0.29) is 5.69 Å². The molecule has 7 nitrogen and oxygen atoms in total. The van der Waals surface area contributed by atoms with Crippen LogP contribution in [-0.2, 0) is 6.67 Å². The van der Waals surface area contributed by atoms with Gasteiger partial charge in [-0.05, 0) is 38.1 Å². The molecule has 1 saturated heterocycles. The summed E-state index contributed by atoms with van der Waals surface area (Å²) in [7, 11) is 0. The molecule has 0 unspecified atom stereocenters. The molecule has 0 N–H and O–H groups in total. The van der Waals surface area contributed by atoms with Crippen LogP contribution in [0.3, 0.4) is 0 Å². The number of piperidine rings is 1. The normalized spacial score (nSPS) is 16.0. The summed E-state index contributed by atoms with van der Waals surface area (Å²) in [5, 5.41) is 15.1. The third kappa shape index (κ3) is 3.25. The smallest absolute Gasteiger partial charge is 0.269 e. The maximum atomic E-state index is 10.6. The van der Waals surface area contributed by atoms with E-state index in [2.05, 4.69) is 15.0 Å². The quantitative estimate of drug-likeness (QED) is 0.637. The molecule has 2 aromatic rings. The fourth-order valence-electron chi connectivity index (χ4n) is 2.53.